The maximum absolute atomic E-state index is 13.9. The molecule has 2 aromatic carbocycles. The third-order valence-electron chi connectivity index (χ3n) is 4.61. The van der Waals surface area contributed by atoms with Crippen LogP contribution in [0.2, 0.25) is 0 Å². The van der Waals surface area contributed by atoms with Gasteiger partial charge in [-0.25, -0.2) is 4.39 Å². The van der Waals surface area contributed by atoms with Crippen LogP contribution in [0.4, 0.5) is 4.39 Å². The minimum Gasteiger partial charge on any atom is -0.384 e. The van der Waals surface area contributed by atoms with Gasteiger partial charge in [0, 0.05) is 5.56 Å². The first-order valence-corrected chi connectivity index (χ1v) is 8.26. The molecule has 1 amide bonds. The number of rotatable bonds is 6. The molecule has 3 rings (SSSR count). The number of carbonyl (C=O) groups excluding carboxylic acids is 1. The van der Waals surface area contributed by atoms with Crippen LogP contribution in [0.5, 0.6) is 0 Å². The predicted molar refractivity (Wildman–Crippen MR) is 90.6 cm³/mol. The summed E-state index contributed by atoms with van der Waals surface area (Å²) in [6, 6.07) is 15.7. The van der Waals surface area contributed by atoms with Gasteiger partial charge in [0.15, 0.2) is 0 Å². The number of nitrogens with one attached hydrogen (secondary N) is 1. The lowest BCUT2D eigenvalue weighted by Gasteiger charge is -2.28. The smallest absolute Gasteiger partial charge is 0.224 e. The van der Waals surface area contributed by atoms with Crippen LogP contribution in [0.15, 0.2) is 54.6 Å². The normalized spacial score (nSPS) is 17.2. The van der Waals surface area contributed by atoms with Crippen molar-refractivity contribution in [1.29, 1.82) is 5.26 Å². The van der Waals surface area contributed by atoms with Crippen LogP contribution in [-0.4, -0.2) is 11.0 Å². The molecule has 0 unspecified atom stereocenters. The molecule has 0 bridgehead atoms. The van der Waals surface area contributed by atoms with Crippen LogP contribution in [0, 0.1) is 23.1 Å². The summed E-state index contributed by atoms with van der Waals surface area (Å²) < 4.78 is 13.9. The third kappa shape index (κ3) is 3.70. The molecule has 0 saturated heterocycles. The molecular weight excluding hydrogens is 319 g/mol. The van der Waals surface area contributed by atoms with Gasteiger partial charge >= 0.3 is 0 Å². The minimum absolute atomic E-state index is 0.0228. The van der Waals surface area contributed by atoms with Crippen molar-refractivity contribution < 1.29 is 14.3 Å². The highest BCUT2D eigenvalue weighted by Gasteiger charge is 2.46. The SMILES string of the molecule is N#C[C@H](NC(=O)C[C@@](O)(c1ccccc1)C1CC1)c1ccccc1F. The Balaban J connectivity index is 1.76. The summed E-state index contributed by atoms with van der Waals surface area (Å²) >= 11 is 0. The highest BCUT2D eigenvalue weighted by atomic mass is 19.1. The zero-order valence-electron chi connectivity index (χ0n) is 13.7. The molecule has 128 valence electrons. The molecule has 0 spiro atoms. The van der Waals surface area contributed by atoms with Crippen molar-refractivity contribution in [3.63, 3.8) is 0 Å². The summed E-state index contributed by atoms with van der Waals surface area (Å²) in [7, 11) is 0. The van der Waals surface area contributed by atoms with E-state index in [0.717, 1.165) is 12.8 Å². The van der Waals surface area contributed by atoms with Crippen molar-refractivity contribution in [2.75, 3.05) is 0 Å². The Kier molecular flexibility index (Phi) is 4.82. The fourth-order valence-electron chi connectivity index (χ4n) is 3.12. The second-order valence-electron chi connectivity index (χ2n) is 6.39. The van der Waals surface area contributed by atoms with Crippen LogP contribution >= 0.6 is 0 Å². The van der Waals surface area contributed by atoms with E-state index < -0.39 is 23.4 Å². The van der Waals surface area contributed by atoms with Gasteiger partial charge in [0.25, 0.3) is 0 Å². The van der Waals surface area contributed by atoms with Gasteiger partial charge in [0.1, 0.15) is 17.5 Å². The average molecular weight is 338 g/mol. The van der Waals surface area contributed by atoms with Crippen LogP contribution < -0.4 is 5.32 Å². The molecule has 0 heterocycles. The number of halogens is 1. The Hall–Kier alpha value is -2.71. The van der Waals surface area contributed by atoms with Crippen molar-refractivity contribution in [3.05, 3.63) is 71.5 Å². The summed E-state index contributed by atoms with van der Waals surface area (Å²) in [5.41, 5.74) is -0.458. The molecule has 1 aliphatic rings. The van der Waals surface area contributed by atoms with Gasteiger partial charge in [-0.05, 0) is 30.4 Å². The van der Waals surface area contributed by atoms with E-state index in [1.807, 2.05) is 24.3 Å². The van der Waals surface area contributed by atoms with E-state index in [1.165, 1.54) is 18.2 Å². The molecule has 1 saturated carbocycles. The summed E-state index contributed by atoms with van der Waals surface area (Å²) in [6.45, 7) is 0. The van der Waals surface area contributed by atoms with Crippen molar-refractivity contribution >= 4 is 5.91 Å². The molecule has 2 atom stereocenters. The Morgan fingerprint density at radius 1 is 1.24 bits per heavy atom. The van der Waals surface area contributed by atoms with Gasteiger partial charge in [0.05, 0.1) is 12.5 Å². The summed E-state index contributed by atoms with van der Waals surface area (Å²) in [6.07, 6.45) is 1.55. The fraction of sp³-hybridized carbons (Fsp3) is 0.300. The second kappa shape index (κ2) is 7.04. The average Bonchev–Trinajstić information content (AvgIpc) is 3.46. The number of carbonyl (C=O) groups is 1. The minimum atomic E-state index is -1.26. The Morgan fingerprint density at radius 3 is 2.48 bits per heavy atom. The van der Waals surface area contributed by atoms with E-state index in [2.05, 4.69) is 5.32 Å². The van der Waals surface area contributed by atoms with E-state index in [0.29, 0.717) is 5.56 Å². The molecule has 0 radical (unpaired) electrons. The number of aliphatic hydroxyl groups is 1. The first-order chi connectivity index (χ1) is 12.0. The standard InChI is InChI=1S/C20H19FN2O2/c21-17-9-5-4-8-16(17)18(13-22)23-19(24)12-20(25,15-10-11-15)14-6-2-1-3-7-14/h1-9,15,18,25H,10-12H2,(H,23,24)/t18-,20+/m0/s1. The number of hydrogen-bond donors (Lipinski definition) is 2. The zero-order valence-corrected chi connectivity index (χ0v) is 13.7. The lowest BCUT2D eigenvalue weighted by molar-refractivity contribution is -0.128. The van der Waals surface area contributed by atoms with E-state index >= 15 is 0 Å². The van der Waals surface area contributed by atoms with Crippen molar-refractivity contribution in [2.45, 2.75) is 30.9 Å². The molecule has 0 aromatic heterocycles. The monoisotopic (exact) mass is 338 g/mol. The maximum atomic E-state index is 13.9. The van der Waals surface area contributed by atoms with Crippen LogP contribution in [0.25, 0.3) is 0 Å². The number of hydrogen-bond acceptors (Lipinski definition) is 3. The Bertz CT molecular complexity index is 799. The van der Waals surface area contributed by atoms with Gasteiger partial charge in [-0.3, -0.25) is 4.79 Å². The quantitative estimate of drug-likeness (QED) is 0.849. The van der Waals surface area contributed by atoms with E-state index in [-0.39, 0.29) is 17.9 Å². The van der Waals surface area contributed by atoms with E-state index in [9.17, 15) is 19.6 Å². The molecule has 5 heteroatoms. The van der Waals surface area contributed by atoms with Gasteiger partial charge in [-0.2, -0.15) is 5.26 Å². The van der Waals surface area contributed by atoms with E-state index in [4.69, 9.17) is 0 Å². The van der Waals surface area contributed by atoms with E-state index in [1.54, 1.807) is 18.2 Å². The lowest BCUT2D eigenvalue weighted by atomic mass is 9.85. The molecule has 0 aliphatic heterocycles. The molecule has 1 aliphatic carbocycles. The third-order valence-corrected chi connectivity index (χ3v) is 4.61. The highest BCUT2D eigenvalue weighted by molar-refractivity contribution is 5.78. The second-order valence-corrected chi connectivity index (χ2v) is 6.39. The van der Waals surface area contributed by atoms with Crippen molar-refractivity contribution in [1.82, 2.24) is 5.32 Å². The Morgan fingerprint density at radius 2 is 1.88 bits per heavy atom. The molecular formula is C20H19FN2O2. The maximum Gasteiger partial charge on any atom is 0.224 e. The number of benzene rings is 2. The number of nitriles is 1. The van der Waals surface area contributed by atoms with Gasteiger partial charge in [-0.15, -0.1) is 0 Å². The topological polar surface area (TPSA) is 73.1 Å². The Labute approximate surface area is 145 Å². The fourth-order valence-corrected chi connectivity index (χ4v) is 3.12. The van der Waals surface area contributed by atoms with Gasteiger partial charge < -0.3 is 10.4 Å². The lowest BCUT2D eigenvalue weighted by Crippen LogP contribution is -2.38. The first-order valence-electron chi connectivity index (χ1n) is 8.26. The molecule has 1 fully saturated rings. The predicted octanol–water partition coefficient (Wildman–Crippen LogP) is 3.19. The van der Waals surface area contributed by atoms with Crippen LogP contribution in [0.1, 0.15) is 36.4 Å². The van der Waals surface area contributed by atoms with Crippen molar-refractivity contribution in [2.24, 2.45) is 5.92 Å². The molecule has 2 N–H and O–H groups in total. The zero-order chi connectivity index (χ0) is 17.9. The largest absolute Gasteiger partial charge is 0.384 e. The van der Waals surface area contributed by atoms with Gasteiger partial charge in [0.2, 0.25) is 5.91 Å². The summed E-state index contributed by atoms with van der Waals surface area (Å²) in [5.74, 6) is -1.00. The number of nitrogens with zero attached hydrogens (tertiary/aromatic N) is 1. The first kappa shape index (κ1) is 17.1. The highest BCUT2D eigenvalue weighted by Crippen LogP contribution is 2.47. The molecule has 2 aromatic rings. The number of amides is 1. The van der Waals surface area contributed by atoms with Crippen molar-refractivity contribution in [3.8, 4) is 6.07 Å². The van der Waals surface area contributed by atoms with Crippen LogP contribution in [-0.2, 0) is 10.4 Å². The van der Waals surface area contributed by atoms with Crippen LogP contribution in [0.3, 0.4) is 0 Å². The van der Waals surface area contributed by atoms with Gasteiger partial charge in [-0.1, -0.05) is 48.5 Å². The molecule has 25 heavy (non-hydrogen) atoms. The summed E-state index contributed by atoms with van der Waals surface area (Å²) in [5, 5.41) is 22.9. The molecule has 4 nitrogen and oxygen atoms in total. The summed E-state index contributed by atoms with van der Waals surface area (Å²) in [4.78, 5) is 12.5.